The summed E-state index contributed by atoms with van der Waals surface area (Å²) >= 11 is 0. The van der Waals surface area contributed by atoms with E-state index in [1.807, 2.05) is 22.5 Å². The SMILES string of the molecule is Cc1cc(-n2nc3c(c2-n2ccn(-c4ccc([S@](=N)(=O)C5CC5)cc4)c2=O)[C@H](C)N(C(=O)c2cc4cc(C5CCOCC5)ccc4n2[C@@]2(c4noc(=O)[nH]4)C[C@@H]2C)CC3)cc(C)c1F. The van der Waals surface area contributed by atoms with Crippen molar-refractivity contribution in [2.45, 2.75) is 93.9 Å². The van der Waals surface area contributed by atoms with Crippen molar-refractivity contribution in [3.05, 3.63) is 139 Å². The first-order chi connectivity index (χ1) is 30.8. The fraction of sp³-hybridized carbons (Fsp3) is 0.383. The fourth-order valence-corrected chi connectivity index (χ4v) is 12.1. The van der Waals surface area contributed by atoms with Crippen LogP contribution in [0.5, 0.6) is 0 Å². The number of carbonyl (C=O) groups excluding carboxylic acids is 1. The van der Waals surface area contributed by atoms with Gasteiger partial charge in [-0.25, -0.2) is 27.6 Å². The number of benzene rings is 3. The highest BCUT2D eigenvalue weighted by Gasteiger charge is 2.59. The summed E-state index contributed by atoms with van der Waals surface area (Å²) in [7, 11) is -2.93. The Morgan fingerprint density at radius 2 is 1.64 bits per heavy atom. The Morgan fingerprint density at radius 3 is 2.30 bits per heavy atom. The Balaban J connectivity index is 1.04. The number of hydrogen-bond acceptors (Lipinski definition) is 9. The van der Waals surface area contributed by atoms with Crippen molar-refractivity contribution in [3.8, 4) is 17.2 Å². The van der Waals surface area contributed by atoms with E-state index in [-0.39, 0.29) is 22.9 Å². The van der Waals surface area contributed by atoms with Crippen LogP contribution in [0.3, 0.4) is 0 Å². The van der Waals surface area contributed by atoms with Gasteiger partial charge in [0.25, 0.3) is 5.91 Å². The molecule has 2 saturated carbocycles. The van der Waals surface area contributed by atoms with Gasteiger partial charge in [-0.05, 0) is 136 Å². The van der Waals surface area contributed by atoms with Crippen molar-refractivity contribution in [2.75, 3.05) is 19.8 Å². The Bertz CT molecular complexity index is 3250. The molecule has 0 unspecified atom stereocenters. The fourth-order valence-electron chi connectivity index (χ4n) is 10.3. The lowest BCUT2D eigenvalue weighted by Crippen LogP contribution is -2.41. The minimum atomic E-state index is -2.93. The molecular weight excluding hydrogens is 838 g/mol. The third-order valence-electron chi connectivity index (χ3n) is 14.1. The lowest BCUT2D eigenvalue weighted by atomic mass is 9.91. The number of aromatic amines is 1. The molecular formula is C47H48FN9O6S. The molecule has 330 valence electrons. The van der Waals surface area contributed by atoms with Crippen LogP contribution in [0.1, 0.15) is 102 Å². The molecule has 4 aliphatic rings. The summed E-state index contributed by atoms with van der Waals surface area (Å²) in [5, 5.41) is 10.0. The highest BCUT2D eigenvalue weighted by Crippen LogP contribution is 2.56. The molecule has 2 N–H and O–H groups in total. The number of rotatable bonds is 9. The van der Waals surface area contributed by atoms with Crippen LogP contribution in [0, 0.1) is 30.4 Å². The maximum Gasteiger partial charge on any atom is 0.438 e. The molecule has 6 heterocycles. The average molecular weight is 886 g/mol. The lowest BCUT2D eigenvalue weighted by Gasteiger charge is -2.34. The van der Waals surface area contributed by atoms with Crippen LogP contribution in [0.15, 0.2) is 92.1 Å². The van der Waals surface area contributed by atoms with Crippen LogP contribution in [0.4, 0.5) is 4.39 Å². The van der Waals surface area contributed by atoms with Gasteiger partial charge in [-0.3, -0.25) is 23.4 Å². The van der Waals surface area contributed by atoms with Crippen LogP contribution < -0.4 is 11.4 Å². The maximum atomic E-state index is 15.5. The van der Waals surface area contributed by atoms with E-state index in [0.717, 1.165) is 36.6 Å². The number of nitrogens with one attached hydrogen (secondary N) is 2. The second-order valence-corrected chi connectivity index (χ2v) is 20.4. The van der Waals surface area contributed by atoms with Gasteiger partial charge in [0, 0.05) is 65.2 Å². The first-order valence-electron chi connectivity index (χ1n) is 21.9. The van der Waals surface area contributed by atoms with Gasteiger partial charge in [0.15, 0.2) is 5.82 Å². The monoisotopic (exact) mass is 885 g/mol. The summed E-state index contributed by atoms with van der Waals surface area (Å²) in [5.74, 6) is -0.0986. The minimum absolute atomic E-state index is 0.0183. The normalized spacial score (nSPS) is 22.2. The zero-order valence-electron chi connectivity index (χ0n) is 36.0. The van der Waals surface area contributed by atoms with Gasteiger partial charge >= 0.3 is 11.4 Å². The molecule has 2 aliphatic heterocycles. The molecule has 1 amide bonds. The number of aromatic nitrogens is 7. The number of aryl methyl sites for hydroxylation is 2. The number of halogens is 1. The molecule has 64 heavy (non-hydrogen) atoms. The van der Waals surface area contributed by atoms with Gasteiger partial charge in [-0.15, -0.1) is 0 Å². The van der Waals surface area contributed by atoms with Crippen molar-refractivity contribution in [1.29, 1.82) is 4.78 Å². The molecule has 17 heteroatoms. The molecule has 0 radical (unpaired) electrons. The Hall–Kier alpha value is -6.33. The topological polar surface area (TPSA) is 179 Å². The van der Waals surface area contributed by atoms with Crippen LogP contribution >= 0.6 is 0 Å². The molecule has 4 atom stereocenters. The average Bonchev–Trinajstić information content (AvgIpc) is 4.03. The number of fused-ring (bicyclic) bond motifs is 2. The van der Waals surface area contributed by atoms with E-state index in [0.29, 0.717) is 94.5 Å². The number of nitrogens with zero attached hydrogens (tertiary/aromatic N) is 7. The Kier molecular flexibility index (Phi) is 9.23. The third-order valence-corrected chi connectivity index (χ3v) is 16.5. The van der Waals surface area contributed by atoms with E-state index >= 15 is 9.18 Å². The molecule has 3 fully saturated rings. The summed E-state index contributed by atoms with van der Waals surface area (Å²) in [6, 6.07) is 17.8. The van der Waals surface area contributed by atoms with E-state index < -0.39 is 32.8 Å². The molecule has 1 saturated heterocycles. The second-order valence-electron chi connectivity index (χ2n) is 18.1. The number of carbonyl (C=O) groups is 1. The van der Waals surface area contributed by atoms with Crippen molar-refractivity contribution in [3.63, 3.8) is 0 Å². The molecule has 3 aromatic carbocycles. The second kappa shape index (κ2) is 14.6. The van der Waals surface area contributed by atoms with Gasteiger partial charge in [0.1, 0.15) is 22.9 Å². The van der Waals surface area contributed by atoms with Gasteiger partial charge in [-0.1, -0.05) is 18.1 Å². The van der Waals surface area contributed by atoms with Crippen LogP contribution in [-0.4, -0.2) is 73.6 Å². The number of hydrogen-bond donors (Lipinski definition) is 2. The standard InChI is InChI=1S/C47H48FN9O6S/c1-26-21-34(22-27(2)41(26)48)57-42(55-18-17-54(46(55)60)33-6-8-35(9-7-33)64(49,61)36-10-11-36)40-29(4)53(16-13-37(40)51-57)43(58)39-24-32-23-31(30-14-19-62-20-15-30)5-12-38(32)56(39)47(25-28(47)3)44-50-45(59)63-52-44/h5-9,12,17-18,21-24,28-30,36,49H,10-11,13-16,19-20,25H2,1-4H3,(H,50,52,59)/t28-,29-,47-,64-/m0/s1. The summed E-state index contributed by atoms with van der Waals surface area (Å²) in [6.45, 7) is 9.11. The predicted octanol–water partition coefficient (Wildman–Crippen LogP) is 7.21. The summed E-state index contributed by atoms with van der Waals surface area (Å²) in [5.41, 5.74) is 4.52. The van der Waals surface area contributed by atoms with E-state index in [1.165, 1.54) is 14.7 Å². The molecule has 0 bridgehead atoms. The lowest BCUT2D eigenvalue weighted by molar-refractivity contribution is 0.0663. The highest BCUT2D eigenvalue weighted by atomic mass is 32.2. The molecule has 11 rings (SSSR count). The van der Waals surface area contributed by atoms with Crippen LogP contribution in [0.25, 0.3) is 28.1 Å². The maximum absolute atomic E-state index is 15.5. The first-order valence-corrected chi connectivity index (χ1v) is 23.6. The van der Waals surface area contributed by atoms with E-state index in [4.69, 9.17) is 19.1 Å². The molecule has 4 aromatic heterocycles. The smallest absolute Gasteiger partial charge is 0.381 e. The van der Waals surface area contributed by atoms with Crippen molar-refractivity contribution >= 4 is 26.5 Å². The molecule has 2 aliphatic carbocycles. The van der Waals surface area contributed by atoms with Gasteiger partial charge in [-0.2, -0.15) is 5.10 Å². The van der Waals surface area contributed by atoms with Gasteiger partial charge in [0.05, 0.1) is 32.8 Å². The van der Waals surface area contributed by atoms with Crippen molar-refractivity contribution in [2.24, 2.45) is 5.92 Å². The van der Waals surface area contributed by atoms with Crippen molar-refractivity contribution < 1.29 is 22.7 Å². The quantitative estimate of drug-likeness (QED) is 0.153. The molecule has 15 nitrogen and oxygen atoms in total. The van der Waals surface area contributed by atoms with Crippen LogP contribution in [0.2, 0.25) is 0 Å². The van der Waals surface area contributed by atoms with Gasteiger partial charge in [0.2, 0.25) is 0 Å². The minimum Gasteiger partial charge on any atom is -0.381 e. The Labute approximate surface area is 367 Å². The molecule has 0 spiro atoms. The Morgan fingerprint density at radius 1 is 0.938 bits per heavy atom. The summed E-state index contributed by atoms with van der Waals surface area (Å²) in [4.78, 5) is 47.5. The summed E-state index contributed by atoms with van der Waals surface area (Å²) < 4.78 is 54.2. The first kappa shape index (κ1) is 40.4. The summed E-state index contributed by atoms with van der Waals surface area (Å²) in [6.07, 6.45) is 7.66. The van der Waals surface area contributed by atoms with Crippen molar-refractivity contribution in [1.82, 2.24) is 38.5 Å². The zero-order chi connectivity index (χ0) is 44.4. The zero-order valence-corrected chi connectivity index (χ0v) is 36.8. The largest absolute Gasteiger partial charge is 0.438 e. The van der Waals surface area contributed by atoms with E-state index in [9.17, 15) is 13.8 Å². The van der Waals surface area contributed by atoms with E-state index in [2.05, 4.69) is 35.3 Å². The number of amides is 1. The van der Waals surface area contributed by atoms with Gasteiger partial charge < -0.3 is 14.2 Å². The molecule has 7 aromatic rings. The number of imidazole rings is 1. The predicted molar refractivity (Wildman–Crippen MR) is 236 cm³/mol. The number of ether oxygens (including phenoxy) is 1. The van der Waals surface area contributed by atoms with E-state index in [1.54, 1.807) is 67.3 Å². The third kappa shape index (κ3) is 6.21. The van der Waals surface area contributed by atoms with Crippen LogP contribution in [-0.2, 0) is 26.4 Å². The number of H-pyrrole nitrogens is 1. The highest BCUT2D eigenvalue weighted by molar-refractivity contribution is 7.93.